The Bertz CT molecular complexity index is 1430. The van der Waals surface area contributed by atoms with E-state index in [1.165, 1.54) is 0 Å². The molecule has 36 heavy (non-hydrogen) atoms. The van der Waals surface area contributed by atoms with E-state index in [9.17, 15) is 14.4 Å². The smallest absolute Gasteiger partial charge is 0.255 e. The van der Waals surface area contributed by atoms with Crippen LogP contribution in [0.4, 0.5) is 0 Å². The fraction of sp³-hybridized carbons (Fsp3) is 0.207. The van der Waals surface area contributed by atoms with Crippen LogP contribution in [-0.2, 0) is 16.0 Å². The summed E-state index contributed by atoms with van der Waals surface area (Å²) in [6.45, 7) is 2.24. The number of carbonyl (C=O) groups excluding carboxylic acids is 3. The van der Waals surface area contributed by atoms with Gasteiger partial charge in [0.15, 0.2) is 0 Å². The van der Waals surface area contributed by atoms with Gasteiger partial charge in [-0.05, 0) is 36.6 Å². The standard InChI is InChI=1S/C29H28N4O3/c1-19-27(23-13-7-8-14-24(23)30-19)28-21-11-5-6-12-22(21)29(36)33(28)18-17-26(35)32-31-25(34)16-15-20-9-3-2-4-10-20/h2-14,28,30H,15-18H2,1H3,(H,31,34)(H,32,35)/t28-/m1/s1. The summed E-state index contributed by atoms with van der Waals surface area (Å²) < 4.78 is 0. The molecule has 0 radical (unpaired) electrons. The van der Waals surface area contributed by atoms with Gasteiger partial charge in [0.05, 0.1) is 6.04 Å². The normalized spacial score (nSPS) is 14.6. The Kier molecular flexibility index (Phi) is 6.54. The molecule has 3 N–H and O–H groups in total. The number of aryl methyl sites for hydroxylation is 2. The van der Waals surface area contributed by atoms with Crippen LogP contribution in [0.2, 0.25) is 0 Å². The highest BCUT2D eigenvalue weighted by atomic mass is 16.2. The molecule has 0 unspecified atom stereocenters. The van der Waals surface area contributed by atoms with Crippen molar-refractivity contribution in [3.8, 4) is 0 Å². The van der Waals surface area contributed by atoms with Crippen molar-refractivity contribution in [2.24, 2.45) is 0 Å². The Hall–Kier alpha value is -4.39. The number of hydrogen-bond acceptors (Lipinski definition) is 3. The highest BCUT2D eigenvalue weighted by Gasteiger charge is 2.39. The average Bonchev–Trinajstić information content (AvgIpc) is 3.38. The molecule has 0 spiro atoms. The second-order valence-corrected chi connectivity index (χ2v) is 9.03. The maximum Gasteiger partial charge on any atom is 0.255 e. The number of amides is 3. The zero-order chi connectivity index (χ0) is 25.1. The molecule has 1 aromatic heterocycles. The van der Waals surface area contributed by atoms with E-state index in [1.807, 2.05) is 79.7 Å². The number of benzene rings is 3. The molecule has 0 fully saturated rings. The molecule has 3 amide bonds. The highest BCUT2D eigenvalue weighted by molar-refractivity contribution is 6.01. The molecular formula is C29H28N4O3. The average molecular weight is 481 g/mol. The first kappa shape index (κ1) is 23.4. The van der Waals surface area contributed by atoms with Crippen LogP contribution in [0.3, 0.4) is 0 Å². The van der Waals surface area contributed by atoms with Gasteiger partial charge in [0.1, 0.15) is 0 Å². The van der Waals surface area contributed by atoms with Gasteiger partial charge in [-0.2, -0.15) is 0 Å². The van der Waals surface area contributed by atoms with Crippen LogP contribution >= 0.6 is 0 Å². The number of carbonyl (C=O) groups is 3. The zero-order valence-corrected chi connectivity index (χ0v) is 20.1. The summed E-state index contributed by atoms with van der Waals surface area (Å²) in [5, 5.41) is 1.06. The number of aromatic nitrogens is 1. The molecule has 3 aromatic carbocycles. The summed E-state index contributed by atoms with van der Waals surface area (Å²) >= 11 is 0. The number of nitrogens with zero attached hydrogens (tertiary/aromatic N) is 1. The second-order valence-electron chi connectivity index (χ2n) is 9.03. The number of rotatable bonds is 7. The number of aromatic amines is 1. The van der Waals surface area contributed by atoms with Crippen LogP contribution in [0.15, 0.2) is 78.9 Å². The van der Waals surface area contributed by atoms with Gasteiger partial charge < -0.3 is 9.88 Å². The molecule has 0 aliphatic carbocycles. The van der Waals surface area contributed by atoms with Gasteiger partial charge in [-0.1, -0.05) is 66.7 Å². The maximum absolute atomic E-state index is 13.4. The van der Waals surface area contributed by atoms with E-state index in [-0.39, 0.29) is 43.1 Å². The lowest BCUT2D eigenvalue weighted by Gasteiger charge is -2.26. The molecule has 182 valence electrons. The van der Waals surface area contributed by atoms with Crippen molar-refractivity contribution >= 4 is 28.6 Å². The molecule has 1 atom stereocenters. The first-order chi connectivity index (χ1) is 17.5. The Balaban J connectivity index is 1.26. The van der Waals surface area contributed by atoms with Gasteiger partial charge in [-0.3, -0.25) is 25.2 Å². The molecule has 0 saturated carbocycles. The summed E-state index contributed by atoms with van der Waals surface area (Å²) in [7, 11) is 0. The number of nitrogens with one attached hydrogen (secondary N) is 3. The van der Waals surface area contributed by atoms with Gasteiger partial charge >= 0.3 is 0 Å². The molecule has 5 rings (SSSR count). The van der Waals surface area contributed by atoms with Gasteiger partial charge in [-0.15, -0.1) is 0 Å². The zero-order valence-electron chi connectivity index (χ0n) is 20.1. The number of H-pyrrole nitrogens is 1. The van der Waals surface area contributed by atoms with Crippen molar-refractivity contribution in [2.45, 2.75) is 32.2 Å². The second kappa shape index (κ2) is 10.1. The Morgan fingerprint density at radius 2 is 1.53 bits per heavy atom. The summed E-state index contributed by atoms with van der Waals surface area (Å²) in [5.41, 5.74) is 10.7. The van der Waals surface area contributed by atoms with Crippen LogP contribution < -0.4 is 10.9 Å². The molecule has 2 heterocycles. The Morgan fingerprint density at radius 1 is 0.861 bits per heavy atom. The lowest BCUT2D eigenvalue weighted by atomic mass is 9.95. The van der Waals surface area contributed by atoms with Gasteiger partial charge in [-0.25, -0.2) is 0 Å². The molecular weight excluding hydrogens is 452 g/mol. The van der Waals surface area contributed by atoms with Crippen LogP contribution in [0.1, 0.15) is 51.6 Å². The third-order valence-electron chi connectivity index (χ3n) is 6.68. The minimum absolute atomic E-state index is 0.0661. The van der Waals surface area contributed by atoms with Gasteiger partial charge in [0.2, 0.25) is 11.8 Å². The first-order valence-electron chi connectivity index (χ1n) is 12.1. The number of fused-ring (bicyclic) bond motifs is 2. The van der Waals surface area contributed by atoms with Crippen LogP contribution in [0, 0.1) is 6.92 Å². The summed E-state index contributed by atoms with van der Waals surface area (Å²) in [4.78, 5) is 43.3. The van der Waals surface area contributed by atoms with Crippen molar-refractivity contribution < 1.29 is 14.4 Å². The largest absolute Gasteiger partial charge is 0.358 e. The van der Waals surface area contributed by atoms with Crippen LogP contribution in [0.5, 0.6) is 0 Å². The van der Waals surface area contributed by atoms with Crippen LogP contribution in [0.25, 0.3) is 10.9 Å². The fourth-order valence-corrected chi connectivity index (χ4v) is 4.95. The number of hydrazine groups is 1. The first-order valence-corrected chi connectivity index (χ1v) is 12.1. The summed E-state index contributed by atoms with van der Waals surface area (Å²) in [6.07, 6.45) is 0.928. The third-order valence-corrected chi connectivity index (χ3v) is 6.68. The van der Waals surface area contributed by atoms with E-state index in [2.05, 4.69) is 21.9 Å². The summed E-state index contributed by atoms with van der Waals surface area (Å²) in [6, 6.07) is 25.1. The molecule has 0 saturated heterocycles. The van der Waals surface area contributed by atoms with Crippen molar-refractivity contribution in [1.82, 2.24) is 20.7 Å². The SMILES string of the molecule is Cc1[nH]c2ccccc2c1[C@H]1c2ccccc2C(=O)N1CCC(=O)NNC(=O)CCc1ccccc1. The lowest BCUT2D eigenvalue weighted by Crippen LogP contribution is -2.43. The Morgan fingerprint density at radius 3 is 2.33 bits per heavy atom. The number of para-hydroxylation sites is 1. The molecule has 4 aromatic rings. The Labute approximate surface area is 209 Å². The number of hydrogen-bond donors (Lipinski definition) is 3. The topological polar surface area (TPSA) is 94.3 Å². The predicted molar refractivity (Wildman–Crippen MR) is 138 cm³/mol. The molecule has 0 bridgehead atoms. The molecule has 1 aliphatic heterocycles. The maximum atomic E-state index is 13.4. The van der Waals surface area contributed by atoms with E-state index in [0.29, 0.717) is 12.0 Å². The van der Waals surface area contributed by atoms with E-state index in [4.69, 9.17) is 0 Å². The van der Waals surface area contributed by atoms with Gasteiger partial charge in [0, 0.05) is 47.1 Å². The van der Waals surface area contributed by atoms with Crippen LogP contribution in [-0.4, -0.2) is 34.2 Å². The van der Waals surface area contributed by atoms with E-state index in [1.54, 1.807) is 4.90 Å². The lowest BCUT2D eigenvalue weighted by molar-refractivity contribution is -0.129. The summed E-state index contributed by atoms with van der Waals surface area (Å²) in [5.74, 6) is -0.703. The molecule has 7 nitrogen and oxygen atoms in total. The van der Waals surface area contributed by atoms with Crippen molar-refractivity contribution in [3.05, 3.63) is 107 Å². The molecule has 1 aliphatic rings. The minimum atomic E-state index is -0.346. The third kappa shape index (κ3) is 4.60. The quantitative estimate of drug-likeness (QED) is 0.346. The van der Waals surface area contributed by atoms with E-state index in [0.717, 1.165) is 33.3 Å². The predicted octanol–water partition coefficient (Wildman–Crippen LogP) is 4.19. The fourth-order valence-electron chi connectivity index (χ4n) is 4.95. The monoisotopic (exact) mass is 480 g/mol. The minimum Gasteiger partial charge on any atom is -0.358 e. The van der Waals surface area contributed by atoms with Crippen molar-refractivity contribution in [3.63, 3.8) is 0 Å². The van der Waals surface area contributed by atoms with Crippen molar-refractivity contribution in [2.75, 3.05) is 6.54 Å². The highest BCUT2D eigenvalue weighted by Crippen LogP contribution is 2.42. The van der Waals surface area contributed by atoms with Gasteiger partial charge in [0.25, 0.3) is 5.91 Å². The van der Waals surface area contributed by atoms with Crippen molar-refractivity contribution in [1.29, 1.82) is 0 Å². The van der Waals surface area contributed by atoms with E-state index >= 15 is 0 Å². The van der Waals surface area contributed by atoms with E-state index < -0.39 is 0 Å². The molecule has 7 heteroatoms.